The Morgan fingerprint density at radius 3 is 2.18 bits per heavy atom. The summed E-state index contributed by atoms with van der Waals surface area (Å²) in [6, 6.07) is 20.9. The summed E-state index contributed by atoms with van der Waals surface area (Å²) in [5.41, 5.74) is 4.84. The first-order valence-corrected chi connectivity index (χ1v) is 12.6. The molecule has 0 saturated heterocycles. The van der Waals surface area contributed by atoms with E-state index in [-0.39, 0.29) is 17.8 Å². The molecule has 0 bridgehead atoms. The lowest BCUT2D eigenvalue weighted by molar-refractivity contribution is -0.0764. The van der Waals surface area contributed by atoms with Gasteiger partial charge in [0.2, 0.25) is 0 Å². The molecule has 1 unspecified atom stereocenters. The number of unbranched alkanes of at least 4 members (excludes halogenated alkanes) is 1. The van der Waals surface area contributed by atoms with Crippen LogP contribution in [0, 0.1) is 6.92 Å². The van der Waals surface area contributed by atoms with Crippen LogP contribution in [0.5, 0.6) is 0 Å². The molecule has 5 nitrogen and oxygen atoms in total. The maximum absolute atomic E-state index is 11.7. The first-order valence-electron chi connectivity index (χ1n) is 10.8. The van der Waals surface area contributed by atoms with Crippen LogP contribution in [0.2, 0.25) is 5.02 Å². The molecule has 1 N–H and O–H groups in total. The van der Waals surface area contributed by atoms with Gasteiger partial charge in [0.05, 0.1) is 11.0 Å². The molecule has 0 aliphatic rings. The second kappa shape index (κ2) is 11.8. The first-order chi connectivity index (χ1) is 15.8. The Hall–Kier alpha value is -2.22. The maximum Gasteiger partial charge on any atom is 0.294 e. The summed E-state index contributed by atoms with van der Waals surface area (Å²) in [7, 11) is -2.64. The van der Waals surface area contributed by atoms with Crippen molar-refractivity contribution in [2.45, 2.75) is 43.6 Å². The fraction of sp³-hybridized carbons (Fsp3) is 0.308. The quantitative estimate of drug-likeness (QED) is 0.186. The van der Waals surface area contributed by atoms with Crippen molar-refractivity contribution >= 4 is 21.7 Å². The fourth-order valence-corrected chi connectivity index (χ4v) is 4.69. The Labute approximate surface area is 201 Å². The van der Waals surface area contributed by atoms with Gasteiger partial charge in [-0.1, -0.05) is 72.1 Å². The summed E-state index contributed by atoms with van der Waals surface area (Å²) >= 11 is 5.98. The molecule has 0 aromatic heterocycles. The lowest BCUT2D eigenvalue weighted by Gasteiger charge is -2.18. The molecule has 1 atom stereocenters. The SMILES string of the molecule is COCOC(CCCCc1cc(C)ccc1S(=O)(=O)O)c1ccc(-c2ccc(Cl)cc2)cc1. The lowest BCUT2D eigenvalue weighted by Crippen LogP contribution is -2.08. The van der Waals surface area contributed by atoms with E-state index in [0.29, 0.717) is 17.0 Å². The topological polar surface area (TPSA) is 72.8 Å². The van der Waals surface area contributed by atoms with E-state index >= 15 is 0 Å². The van der Waals surface area contributed by atoms with Crippen LogP contribution in [-0.2, 0) is 26.0 Å². The fourth-order valence-electron chi connectivity index (χ4n) is 3.83. The normalized spacial score (nSPS) is 12.6. The summed E-state index contributed by atoms with van der Waals surface area (Å²) in [5.74, 6) is 0. The smallest absolute Gasteiger partial charge is 0.294 e. The van der Waals surface area contributed by atoms with E-state index < -0.39 is 10.1 Å². The summed E-state index contributed by atoms with van der Waals surface area (Å²) < 4.78 is 43.9. The van der Waals surface area contributed by atoms with Crippen LogP contribution in [-0.4, -0.2) is 26.9 Å². The van der Waals surface area contributed by atoms with Gasteiger partial charge >= 0.3 is 0 Å². The first kappa shape index (κ1) is 25.4. The molecule has 0 aliphatic carbocycles. The zero-order valence-electron chi connectivity index (χ0n) is 18.8. The van der Waals surface area contributed by atoms with E-state index in [1.165, 1.54) is 6.07 Å². The van der Waals surface area contributed by atoms with Crippen molar-refractivity contribution < 1.29 is 22.4 Å². The molecule has 0 fully saturated rings. The number of benzene rings is 3. The van der Waals surface area contributed by atoms with Gasteiger partial charge in [-0.25, -0.2) is 0 Å². The molecule has 3 aromatic carbocycles. The Bertz CT molecular complexity index is 1140. The third kappa shape index (κ3) is 7.39. The van der Waals surface area contributed by atoms with E-state index in [2.05, 4.69) is 24.3 Å². The second-order valence-corrected chi connectivity index (χ2v) is 9.85. The number of hydrogen-bond donors (Lipinski definition) is 1. The third-order valence-corrected chi connectivity index (χ3v) is 6.71. The number of rotatable bonds is 11. The molecule has 33 heavy (non-hydrogen) atoms. The number of aryl methyl sites for hydroxylation is 2. The van der Waals surface area contributed by atoms with Crippen molar-refractivity contribution in [2.24, 2.45) is 0 Å². The maximum atomic E-state index is 11.7. The Balaban J connectivity index is 1.65. The molecular formula is C26H29ClO5S. The van der Waals surface area contributed by atoms with Gasteiger partial charge in [-0.2, -0.15) is 8.42 Å². The summed E-state index contributed by atoms with van der Waals surface area (Å²) in [5, 5.41) is 0.706. The van der Waals surface area contributed by atoms with Crippen LogP contribution >= 0.6 is 11.6 Å². The largest absolute Gasteiger partial charge is 0.359 e. The highest BCUT2D eigenvalue weighted by atomic mass is 35.5. The molecule has 0 amide bonds. The van der Waals surface area contributed by atoms with E-state index in [9.17, 15) is 13.0 Å². The van der Waals surface area contributed by atoms with Crippen LogP contribution in [0.15, 0.2) is 71.6 Å². The average molecular weight is 489 g/mol. The van der Waals surface area contributed by atoms with Crippen LogP contribution in [0.3, 0.4) is 0 Å². The van der Waals surface area contributed by atoms with Gasteiger partial charge < -0.3 is 9.47 Å². The molecular weight excluding hydrogens is 460 g/mol. The number of ether oxygens (including phenoxy) is 2. The highest BCUT2D eigenvalue weighted by Crippen LogP contribution is 2.28. The minimum atomic E-state index is -4.24. The van der Waals surface area contributed by atoms with Crippen LogP contribution in [0.25, 0.3) is 11.1 Å². The van der Waals surface area contributed by atoms with E-state index in [0.717, 1.165) is 41.5 Å². The molecule has 7 heteroatoms. The molecule has 0 heterocycles. The van der Waals surface area contributed by atoms with E-state index in [1.54, 1.807) is 13.2 Å². The van der Waals surface area contributed by atoms with Gasteiger partial charge in [-0.05, 0) is 66.6 Å². The zero-order valence-corrected chi connectivity index (χ0v) is 20.4. The van der Waals surface area contributed by atoms with Crippen LogP contribution < -0.4 is 0 Å². The van der Waals surface area contributed by atoms with E-state index in [4.69, 9.17) is 21.1 Å². The van der Waals surface area contributed by atoms with Crippen LogP contribution in [0.4, 0.5) is 0 Å². The lowest BCUT2D eigenvalue weighted by atomic mass is 9.98. The highest BCUT2D eigenvalue weighted by Gasteiger charge is 2.16. The molecule has 3 aromatic rings. The van der Waals surface area contributed by atoms with Crippen molar-refractivity contribution in [2.75, 3.05) is 13.9 Å². The standard InChI is InChI=1S/C26H29ClO5S/c1-19-7-16-26(33(28,29)30)23(17-19)5-3-4-6-25(32-18-31-2)22-10-8-20(9-11-22)21-12-14-24(27)15-13-21/h7-17,25H,3-6,18H2,1-2H3,(H,28,29,30). The summed E-state index contributed by atoms with van der Waals surface area (Å²) in [6.07, 6.45) is 2.77. The van der Waals surface area contributed by atoms with Gasteiger partial charge in [0.15, 0.2) is 0 Å². The predicted octanol–water partition coefficient (Wildman–Crippen LogP) is 6.64. The van der Waals surface area contributed by atoms with Crippen molar-refractivity contribution in [1.29, 1.82) is 0 Å². The molecule has 0 saturated carbocycles. The minimum absolute atomic E-state index is 0.0157. The van der Waals surface area contributed by atoms with Crippen molar-refractivity contribution in [3.05, 3.63) is 88.4 Å². The number of hydrogen-bond acceptors (Lipinski definition) is 4. The molecule has 0 aliphatic heterocycles. The van der Waals surface area contributed by atoms with Gasteiger partial charge in [-0.3, -0.25) is 4.55 Å². The predicted molar refractivity (Wildman–Crippen MR) is 131 cm³/mol. The average Bonchev–Trinajstić information content (AvgIpc) is 2.78. The molecule has 0 radical (unpaired) electrons. The Kier molecular flexibility index (Phi) is 9.06. The summed E-state index contributed by atoms with van der Waals surface area (Å²) in [6.45, 7) is 2.09. The minimum Gasteiger partial charge on any atom is -0.359 e. The monoisotopic (exact) mass is 488 g/mol. The van der Waals surface area contributed by atoms with Crippen molar-refractivity contribution in [1.82, 2.24) is 0 Å². The highest BCUT2D eigenvalue weighted by molar-refractivity contribution is 7.85. The van der Waals surface area contributed by atoms with Crippen molar-refractivity contribution in [3.63, 3.8) is 0 Å². The van der Waals surface area contributed by atoms with Crippen molar-refractivity contribution in [3.8, 4) is 11.1 Å². The Morgan fingerprint density at radius 1 is 0.939 bits per heavy atom. The van der Waals surface area contributed by atoms with Gasteiger partial charge in [0.1, 0.15) is 6.79 Å². The second-order valence-electron chi connectivity index (χ2n) is 8.02. The molecule has 176 valence electrons. The number of methoxy groups -OCH3 is 1. The van der Waals surface area contributed by atoms with Gasteiger partial charge in [0, 0.05) is 12.1 Å². The van der Waals surface area contributed by atoms with E-state index in [1.807, 2.05) is 37.3 Å². The van der Waals surface area contributed by atoms with Gasteiger partial charge in [0.25, 0.3) is 10.1 Å². The molecule has 0 spiro atoms. The zero-order chi connectivity index (χ0) is 23.8. The third-order valence-electron chi connectivity index (χ3n) is 5.50. The van der Waals surface area contributed by atoms with Gasteiger partial charge in [-0.15, -0.1) is 0 Å². The number of halogens is 1. The van der Waals surface area contributed by atoms with Crippen LogP contribution in [0.1, 0.15) is 42.1 Å². The summed E-state index contributed by atoms with van der Waals surface area (Å²) in [4.78, 5) is -0.0157. The Morgan fingerprint density at radius 2 is 1.58 bits per heavy atom. The molecule has 3 rings (SSSR count).